The standard InChI is InChI=1S/C11H20O5/c1-6(2)5-8(12)9(13)10(14)11(15)16-7(3)4/h6-7,9-10,13-14H,5H2,1-4H3. The van der Waals surface area contributed by atoms with Crippen LogP contribution in [0, 0.1) is 5.92 Å². The maximum Gasteiger partial charge on any atom is 0.338 e. The third-order valence-electron chi connectivity index (χ3n) is 1.83. The van der Waals surface area contributed by atoms with E-state index in [-0.39, 0.29) is 12.3 Å². The number of Topliss-reactive ketones (excluding diaryl/α,β-unsaturated/α-hetero) is 1. The van der Waals surface area contributed by atoms with Gasteiger partial charge in [0.1, 0.15) is 6.10 Å². The minimum atomic E-state index is -1.80. The molecule has 0 rings (SSSR count). The van der Waals surface area contributed by atoms with Crippen LogP contribution in [0.4, 0.5) is 0 Å². The van der Waals surface area contributed by atoms with Gasteiger partial charge in [0.25, 0.3) is 0 Å². The van der Waals surface area contributed by atoms with Crippen LogP contribution in [0.1, 0.15) is 34.1 Å². The summed E-state index contributed by atoms with van der Waals surface area (Å²) in [6, 6.07) is 0. The number of aliphatic hydroxyl groups excluding tert-OH is 2. The van der Waals surface area contributed by atoms with Gasteiger partial charge in [0.05, 0.1) is 6.10 Å². The lowest BCUT2D eigenvalue weighted by atomic mass is 10.0. The molecule has 0 saturated heterocycles. The van der Waals surface area contributed by atoms with Crippen molar-refractivity contribution < 1.29 is 24.5 Å². The number of rotatable bonds is 6. The van der Waals surface area contributed by atoms with Gasteiger partial charge < -0.3 is 14.9 Å². The van der Waals surface area contributed by atoms with E-state index in [4.69, 9.17) is 0 Å². The zero-order valence-corrected chi connectivity index (χ0v) is 10.1. The molecular formula is C11H20O5. The highest BCUT2D eigenvalue weighted by atomic mass is 16.6. The number of ketones is 1. The van der Waals surface area contributed by atoms with Crippen LogP contribution >= 0.6 is 0 Å². The summed E-state index contributed by atoms with van der Waals surface area (Å²) in [6.07, 6.45) is -3.77. The van der Waals surface area contributed by atoms with E-state index < -0.39 is 30.1 Å². The lowest BCUT2D eigenvalue weighted by molar-refractivity contribution is -0.166. The van der Waals surface area contributed by atoms with Gasteiger partial charge in [-0.15, -0.1) is 0 Å². The number of carbonyl (C=O) groups is 2. The quantitative estimate of drug-likeness (QED) is 0.642. The van der Waals surface area contributed by atoms with E-state index in [1.807, 2.05) is 13.8 Å². The highest BCUT2D eigenvalue weighted by Crippen LogP contribution is 2.07. The van der Waals surface area contributed by atoms with Gasteiger partial charge in [0, 0.05) is 6.42 Å². The molecule has 0 amide bonds. The highest BCUT2D eigenvalue weighted by molar-refractivity contribution is 5.89. The van der Waals surface area contributed by atoms with Crippen LogP contribution in [-0.2, 0) is 14.3 Å². The second-order valence-corrected chi connectivity index (χ2v) is 4.44. The number of hydrogen-bond donors (Lipinski definition) is 2. The first kappa shape index (κ1) is 15.1. The fourth-order valence-corrected chi connectivity index (χ4v) is 1.13. The van der Waals surface area contributed by atoms with E-state index in [2.05, 4.69) is 4.74 Å². The van der Waals surface area contributed by atoms with Crippen molar-refractivity contribution in [1.82, 2.24) is 0 Å². The van der Waals surface area contributed by atoms with Crippen molar-refractivity contribution in [3.63, 3.8) is 0 Å². The number of aliphatic hydroxyl groups is 2. The molecule has 0 radical (unpaired) electrons. The van der Waals surface area contributed by atoms with Gasteiger partial charge in [-0.25, -0.2) is 4.79 Å². The molecule has 0 aromatic rings. The van der Waals surface area contributed by atoms with E-state index in [9.17, 15) is 19.8 Å². The van der Waals surface area contributed by atoms with Crippen LogP contribution in [0.3, 0.4) is 0 Å². The molecule has 0 spiro atoms. The average Bonchev–Trinajstić information content (AvgIpc) is 2.13. The molecule has 5 nitrogen and oxygen atoms in total. The minimum absolute atomic E-state index is 0.0652. The van der Waals surface area contributed by atoms with Gasteiger partial charge >= 0.3 is 5.97 Å². The van der Waals surface area contributed by atoms with Gasteiger partial charge in [0.15, 0.2) is 11.9 Å². The summed E-state index contributed by atoms with van der Waals surface area (Å²) >= 11 is 0. The third kappa shape index (κ3) is 5.23. The number of esters is 1. The van der Waals surface area contributed by atoms with Crippen LogP contribution in [0.25, 0.3) is 0 Å². The van der Waals surface area contributed by atoms with E-state index >= 15 is 0 Å². The van der Waals surface area contributed by atoms with E-state index in [0.717, 1.165) is 0 Å². The Balaban J connectivity index is 4.31. The van der Waals surface area contributed by atoms with Gasteiger partial charge in [-0.3, -0.25) is 4.79 Å². The Morgan fingerprint density at radius 1 is 1.06 bits per heavy atom. The van der Waals surface area contributed by atoms with Gasteiger partial charge in [-0.1, -0.05) is 13.8 Å². The first-order chi connectivity index (χ1) is 7.25. The molecule has 0 saturated carbocycles. The number of hydrogen-bond acceptors (Lipinski definition) is 5. The average molecular weight is 232 g/mol. The molecule has 16 heavy (non-hydrogen) atoms. The fourth-order valence-electron chi connectivity index (χ4n) is 1.13. The summed E-state index contributed by atoms with van der Waals surface area (Å²) in [7, 11) is 0. The van der Waals surface area contributed by atoms with Gasteiger partial charge in [-0.2, -0.15) is 0 Å². The van der Waals surface area contributed by atoms with Crippen molar-refractivity contribution in [2.24, 2.45) is 5.92 Å². The van der Waals surface area contributed by atoms with Gasteiger partial charge in [-0.05, 0) is 19.8 Å². The fraction of sp³-hybridized carbons (Fsp3) is 0.818. The summed E-state index contributed by atoms with van der Waals surface area (Å²) in [5, 5.41) is 18.8. The number of ether oxygens (including phenoxy) is 1. The Morgan fingerprint density at radius 3 is 1.94 bits per heavy atom. The molecule has 0 heterocycles. The Bertz CT molecular complexity index is 221. The molecule has 2 N–H and O–H groups in total. The second kappa shape index (κ2) is 6.60. The predicted molar refractivity (Wildman–Crippen MR) is 57.7 cm³/mol. The molecule has 0 fully saturated rings. The Labute approximate surface area is 95.4 Å². The smallest absolute Gasteiger partial charge is 0.338 e. The van der Waals surface area contributed by atoms with Crippen molar-refractivity contribution >= 4 is 11.8 Å². The van der Waals surface area contributed by atoms with Crippen molar-refractivity contribution in [2.45, 2.75) is 52.4 Å². The van der Waals surface area contributed by atoms with Crippen molar-refractivity contribution in [3.05, 3.63) is 0 Å². The predicted octanol–water partition coefficient (Wildman–Crippen LogP) is 0.275. The van der Waals surface area contributed by atoms with Crippen LogP contribution in [0.5, 0.6) is 0 Å². The van der Waals surface area contributed by atoms with Crippen molar-refractivity contribution in [2.75, 3.05) is 0 Å². The zero-order valence-electron chi connectivity index (χ0n) is 10.1. The van der Waals surface area contributed by atoms with Crippen LogP contribution in [-0.4, -0.2) is 40.3 Å². The summed E-state index contributed by atoms with van der Waals surface area (Å²) in [5.41, 5.74) is 0. The van der Waals surface area contributed by atoms with Crippen LogP contribution in [0.2, 0.25) is 0 Å². The minimum Gasteiger partial charge on any atom is -0.461 e. The largest absolute Gasteiger partial charge is 0.461 e. The molecule has 0 aliphatic carbocycles. The van der Waals surface area contributed by atoms with Crippen molar-refractivity contribution in [1.29, 1.82) is 0 Å². The van der Waals surface area contributed by atoms with Crippen LogP contribution in [0.15, 0.2) is 0 Å². The molecule has 0 bridgehead atoms. The third-order valence-corrected chi connectivity index (χ3v) is 1.83. The lowest BCUT2D eigenvalue weighted by Crippen LogP contribution is -2.41. The first-order valence-corrected chi connectivity index (χ1v) is 5.35. The summed E-state index contributed by atoms with van der Waals surface area (Å²) < 4.78 is 4.69. The summed E-state index contributed by atoms with van der Waals surface area (Å²) in [6.45, 7) is 6.85. The maximum atomic E-state index is 11.4. The second-order valence-electron chi connectivity index (χ2n) is 4.44. The molecule has 94 valence electrons. The van der Waals surface area contributed by atoms with Crippen molar-refractivity contribution in [3.8, 4) is 0 Å². The Morgan fingerprint density at radius 2 is 1.56 bits per heavy atom. The monoisotopic (exact) mass is 232 g/mol. The normalized spacial score (nSPS) is 15.0. The topological polar surface area (TPSA) is 83.8 Å². The molecular weight excluding hydrogens is 212 g/mol. The van der Waals surface area contributed by atoms with Gasteiger partial charge in [0.2, 0.25) is 0 Å². The van der Waals surface area contributed by atoms with E-state index in [1.54, 1.807) is 13.8 Å². The molecule has 0 aromatic carbocycles. The zero-order chi connectivity index (χ0) is 12.9. The highest BCUT2D eigenvalue weighted by Gasteiger charge is 2.31. The molecule has 2 atom stereocenters. The van der Waals surface area contributed by atoms with E-state index in [1.165, 1.54) is 0 Å². The molecule has 2 unspecified atom stereocenters. The SMILES string of the molecule is CC(C)CC(=O)C(O)C(O)C(=O)OC(C)C. The molecule has 0 aliphatic rings. The molecule has 0 aliphatic heterocycles. The Hall–Kier alpha value is -0.940. The first-order valence-electron chi connectivity index (χ1n) is 5.35. The molecule has 0 aromatic heterocycles. The molecule has 5 heteroatoms. The summed E-state index contributed by atoms with van der Waals surface area (Å²) in [5.74, 6) is -1.46. The maximum absolute atomic E-state index is 11.4. The summed E-state index contributed by atoms with van der Waals surface area (Å²) in [4.78, 5) is 22.6. The number of carbonyl (C=O) groups excluding carboxylic acids is 2. The van der Waals surface area contributed by atoms with E-state index in [0.29, 0.717) is 0 Å². The Kier molecular flexibility index (Phi) is 6.21. The van der Waals surface area contributed by atoms with Crippen LogP contribution < -0.4 is 0 Å². The lowest BCUT2D eigenvalue weighted by Gasteiger charge is -2.17.